The molecule has 0 unspecified atom stereocenters. The second-order valence-electron chi connectivity index (χ2n) is 3.76. The van der Waals surface area contributed by atoms with Gasteiger partial charge in [-0.05, 0) is 36.4 Å². The number of rotatable bonds is 4. The summed E-state index contributed by atoms with van der Waals surface area (Å²) in [5.41, 5.74) is -0.570. The third-order valence-electron chi connectivity index (χ3n) is 2.43. The smallest absolute Gasteiger partial charge is 0.206 e. The van der Waals surface area contributed by atoms with E-state index >= 15 is 0 Å². The summed E-state index contributed by atoms with van der Waals surface area (Å²) in [5, 5.41) is 0. The normalized spacial score (nSPS) is 10.3. The number of carbonyl (C=O) groups excluding carboxylic acids is 1. The van der Waals surface area contributed by atoms with Crippen LogP contribution < -0.4 is 4.74 Å². The van der Waals surface area contributed by atoms with Gasteiger partial charge in [-0.3, -0.25) is 4.79 Å². The lowest BCUT2D eigenvalue weighted by molar-refractivity contribution is 0.0913. The molecule has 0 aliphatic carbocycles. The first-order valence-corrected chi connectivity index (χ1v) is 6.23. The number of hydrogen-bond acceptors (Lipinski definition) is 2. The molecule has 0 aromatic heterocycles. The average molecular weight is 327 g/mol. The molecular formula is C14H9BrF2O2. The van der Waals surface area contributed by atoms with E-state index in [1.807, 2.05) is 0 Å². The monoisotopic (exact) mass is 326 g/mol. The van der Waals surface area contributed by atoms with Crippen LogP contribution in [0.25, 0.3) is 0 Å². The van der Waals surface area contributed by atoms with E-state index in [1.165, 1.54) is 6.07 Å². The summed E-state index contributed by atoms with van der Waals surface area (Å²) in [4.78, 5) is 11.7. The fourth-order valence-electron chi connectivity index (χ4n) is 1.52. The molecule has 5 heteroatoms. The zero-order valence-corrected chi connectivity index (χ0v) is 11.3. The molecule has 0 saturated carbocycles. The van der Waals surface area contributed by atoms with Crippen molar-refractivity contribution in [1.29, 1.82) is 0 Å². The number of benzene rings is 2. The molecule has 0 spiro atoms. The zero-order valence-electron chi connectivity index (χ0n) is 9.70. The molecule has 0 fully saturated rings. The van der Waals surface area contributed by atoms with Crippen molar-refractivity contribution in [3.8, 4) is 5.75 Å². The van der Waals surface area contributed by atoms with Gasteiger partial charge in [-0.15, -0.1) is 0 Å². The quantitative estimate of drug-likeness (QED) is 0.794. The molecule has 19 heavy (non-hydrogen) atoms. The van der Waals surface area contributed by atoms with Gasteiger partial charge in [0.2, 0.25) is 5.78 Å². The van der Waals surface area contributed by atoms with E-state index in [4.69, 9.17) is 4.74 Å². The van der Waals surface area contributed by atoms with Gasteiger partial charge in [0.15, 0.2) is 6.61 Å². The lowest BCUT2D eigenvalue weighted by atomic mass is 10.1. The fourth-order valence-corrected chi connectivity index (χ4v) is 1.78. The summed E-state index contributed by atoms with van der Waals surface area (Å²) in [6.45, 7) is -0.417. The molecule has 2 nitrogen and oxygen atoms in total. The van der Waals surface area contributed by atoms with E-state index in [0.29, 0.717) is 5.75 Å². The molecule has 0 amide bonds. The Balaban J connectivity index is 2.07. The first-order valence-electron chi connectivity index (χ1n) is 5.43. The Morgan fingerprint density at radius 2 is 1.63 bits per heavy atom. The first kappa shape index (κ1) is 13.7. The molecule has 0 bridgehead atoms. The maximum atomic E-state index is 13.4. The van der Waals surface area contributed by atoms with Crippen LogP contribution in [0, 0.1) is 11.6 Å². The molecule has 0 N–H and O–H groups in total. The number of halogens is 3. The van der Waals surface area contributed by atoms with Crippen LogP contribution in [0.2, 0.25) is 0 Å². The van der Waals surface area contributed by atoms with E-state index in [9.17, 15) is 13.6 Å². The van der Waals surface area contributed by atoms with Crippen LogP contribution in [0.1, 0.15) is 10.4 Å². The summed E-state index contributed by atoms with van der Waals surface area (Å²) in [6, 6.07) is 10.1. The average Bonchev–Trinajstić information content (AvgIpc) is 2.38. The van der Waals surface area contributed by atoms with Crippen LogP contribution in [0.3, 0.4) is 0 Å². The van der Waals surface area contributed by atoms with Crippen LogP contribution in [0.4, 0.5) is 8.78 Å². The highest BCUT2D eigenvalue weighted by Crippen LogP contribution is 2.17. The summed E-state index contributed by atoms with van der Waals surface area (Å²) in [5.74, 6) is -2.05. The second-order valence-corrected chi connectivity index (χ2v) is 4.68. The maximum Gasteiger partial charge on any atom is 0.206 e. The van der Waals surface area contributed by atoms with Gasteiger partial charge in [0.1, 0.15) is 17.4 Å². The topological polar surface area (TPSA) is 26.3 Å². The van der Waals surface area contributed by atoms with Gasteiger partial charge in [0.05, 0.1) is 5.56 Å². The van der Waals surface area contributed by atoms with Gasteiger partial charge < -0.3 is 4.74 Å². The van der Waals surface area contributed by atoms with Gasteiger partial charge in [0.25, 0.3) is 0 Å². The highest BCUT2D eigenvalue weighted by Gasteiger charge is 2.17. The Bertz CT molecular complexity index is 577. The standard InChI is InChI=1S/C14H9BrF2O2/c15-9-4-6-10(7-5-9)19-8-13(18)14-11(16)2-1-3-12(14)17/h1-7H,8H2. The number of ether oxygens (including phenoxy) is 1. The lowest BCUT2D eigenvalue weighted by Crippen LogP contribution is -2.15. The molecule has 0 heterocycles. The maximum absolute atomic E-state index is 13.4. The minimum absolute atomic E-state index is 0.417. The predicted molar refractivity (Wildman–Crippen MR) is 70.3 cm³/mol. The second kappa shape index (κ2) is 5.93. The van der Waals surface area contributed by atoms with Gasteiger partial charge in [-0.1, -0.05) is 22.0 Å². The molecule has 0 atom stereocenters. The van der Waals surface area contributed by atoms with Crippen LogP contribution >= 0.6 is 15.9 Å². The van der Waals surface area contributed by atoms with Crippen molar-refractivity contribution in [2.75, 3.05) is 6.61 Å². The van der Waals surface area contributed by atoms with Gasteiger partial charge >= 0.3 is 0 Å². The molecule has 0 aliphatic heterocycles. The Hall–Kier alpha value is -1.75. The largest absolute Gasteiger partial charge is 0.485 e. The Morgan fingerprint density at radius 3 is 2.21 bits per heavy atom. The predicted octanol–water partition coefficient (Wildman–Crippen LogP) is 3.99. The Kier molecular flexibility index (Phi) is 4.27. The Morgan fingerprint density at radius 1 is 1.05 bits per heavy atom. The number of ketones is 1. The minimum atomic E-state index is -0.885. The van der Waals surface area contributed by atoms with Crippen molar-refractivity contribution < 1.29 is 18.3 Å². The van der Waals surface area contributed by atoms with Crippen LogP contribution in [0.5, 0.6) is 5.75 Å². The summed E-state index contributed by atoms with van der Waals surface area (Å²) in [7, 11) is 0. The lowest BCUT2D eigenvalue weighted by Gasteiger charge is -2.07. The van der Waals surface area contributed by atoms with Crippen LogP contribution in [0.15, 0.2) is 46.9 Å². The number of carbonyl (C=O) groups is 1. The van der Waals surface area contributed by atoms with Gasteiger partial charge in [-0.2, -0.15) is 0 Å². The minimum Gasteiger partial charge on any atom is -0.485 e. The third-order valence-corrected chi connectivity index (χ3v) is 2.95. The van der Waals surface area contributed by atoms with Gasteiger partial charge in [-0.25, -0.2) is 8.78 Å². The van der Waals surface area contributed by atoms with Gasteiger partial charge in [0, 0.05) is 4.47 Å². The Labute approximate surface area is 117 Å². The number of Topliss-reactive ketones (excluding diaryl/α,β-unsaturated/α-hetero) is 1. The molecule has 98 valence electrons. The highest BCUT2D eigenvalue weighted by molar-refractivity contribution is 9.10. The number of hydrogen-bond donors (Lipinski definition) is 0. The van der Waals surface area contributed by atoms with Crippen molar-refractivity contribution in [1.82, 2.24) is 0 Å². The molecule has 0 saturated heterocycles. The first-order chi connectivity index (χ1) is 9.08. The highest BCUT2D eigenvalue weighted by atomic mass is 79.9. The summed E-state index contributed by atoms with van der Waals surface area (Å²) in [6.07, 6.45) is 0. The van der Waals surface area contributed by atoms with E-state index in [-0.39, 0.29) is 0 Å². The van der Waals surface area contributed by atoms with Crippen LogP contribution in [-0.2, 0) is 0 Å². The summed E-state index contributed by atoms with van der Waals surface area (Å²) >= 11 is 3.26. The molecular weight excluding hydrogens is 318 g/mol. The van der Waals surface area contributed by atoms with Crippen molar-refractivity contribution >= 4 is 21.7 Å². The van der Waals surface area contributed by atoms with E-state index in [2.05, 4.69) is 15.9 Å². The SMILES string of the molecule is O=C(COc1ccc(Br)cc1)c1c(F)cccc1F. The van der Waals surface area contributed by atoms with Crippen molar-refractivity contribution in [2.24, 2.45) is 0 Å². The van der Waals surface area contributed by atoms with E-state index < -0.39 is 29.6 Å². The fraction of sp³-hybridized carbons (Fsp3) is 0.0714. The zero-order chi connectivity index (χ0) is 13.8. The van der Waals surface area contributed by atoms with Crippen molar-refractivity contribution in [3.05, 3.63) is 64.1 Å². The molecule has 0 aliphatic rings. The summed E-state index contributed by atoms with van der Waals surface area (Å²) < 4.78 is 32.8. The van der Waals surface area contributed by atoms with E-state index in [0.717, 1.165) is 16.6 Å². The van der Waals surface area contributed by atoms with Crippen molar-refractivity contribution in [3.63, 3.8) is 0 Å². The van der Waals surface area contributed by atoms with Crippen LogP contribution in [-0.4, -0.2) is 12.4 Å². The van der Waals surface area contributed by atoms with E-state index in [1.54, 1.807) is 24.3 Å². The third kappa shape index (κ3) is 3.38. The molecule has 0 radical (unpaired) electrons. The molecule has 2 rings (SSSR count). The molecule has 2 aromatic rings. The van der Waals surface area contributed by atoms with Crippen molar-refractivity contribution in [2.45, 2.75) is 0 Å². The molecule has 2 aromatic carbocycles.